The molecule has 0 amide bonds. The number of diazo groups is 1. The quantitative estimate of drug-likeness (QED) is 0.571. The molecule has 15 heavy (non-hydrogen) atoms. The summed E-state index contributed by atoms with van der Waals surface area (Å²) in [6.45, 7) is 0. The van der Waals surface area contributed by atoms with Crippen LogP contribution in [0, 0.1) is 5.39 Å². The van der Waals surface area contributed by atoms with Crippen LogP contribution in [0.15, 0.2) is 24.3 Å². The molecule has 0 aliphatic rings. The Morgan fingerprint density at radius 2 is 1.47 bits per heavy atom. The monoisotopic (exact) mass is 225 g/mol. The lowest BCUT2D eigenvalue weighted by atomic mass is 10.3. The lowest BCUT2D eigenvalue weighted by molar-refractivity contribution is 0.140. The molecule has 5 nitrogen and oxygen atoms in total. The van der Waals surface area contributed by atoms with Crippen LogP contribution in [-0.4, -0.2) is 30.1 Å². The first kappa shape index (κ1) is 11.8. The van der Waals surface area contributed by atoms with Gasteiger partial charge in [-0.25, -0.2) is 0 Å². The van der Waals surface area contributed by atoms with Crippen LogP contribution in [0.5, 0.6) is 0 Å². The van der Waals surface area contributed by atoms with Crippen molar-refractivity contribution in [3.05, 3.63) is 29.2 Å². The normalized spacial score (nSPS) is 11.1. The second kappa shape index (κ2) is 5.00. The molecule has 0 saturated carbocycles. The first-order chi connectivity index (χ1) is 7.22. The first-order valence-electron chi connectivity index (χ1n) is 4.33. The zero-order valence-electron chi connectivity index (χ0n) is 8.93. The fourth-order valence-electron chi connectivity index (χ4n) is 1.34. The molecule has 0 bridgehead atoms. The Balaban J connectivity index is 3.08. The zero-order valence-corrected chi connectivity index (χ0v) is 9.93. The summed E-state index contributed by atoms with van der Waals surface area (Å²) >= 11 is 0. The summed E-state index contributed by atoms with van der Waals surface area (Å²) in [7, 11) is 1.88. The van der Waals surface area contributed by atoms with E-state index >= 15 is 0 Å². The standard InChI is InChI=1S/C9H13N2O3Si/c1-12-15(13-2,14-3)9-6-4-8(11-10)5-7-9/h4-7H,1-3H3/q+1. The summed E-state index contributed by atoms with van der Waals surface area (Å²) in [5.74, 6) is 0. The highest BCUT2D eigenvalue weighted by atomic mass is 28.4. The van der Waals surface area contributed by atoms with Gasteiger partial charge < -0.3 is 13.3 Å². The summed E-state index contributed by atoms with van der Waals surface area (Å²) in [4.78, 5) is 3.06. The second-order valence-corrected chi connectivity index (χ2v) is 5.73. The second-order valence-electron chi connectivity index (χ2n) is 2.82. The molecule has 80 valence electrons. The highest BCUT2D eigenvalue weighted by Crippen LogP contribution is 2.12. The van der Waals surface area contributed by atoms with E-state index in [1.54, 1.807) is 45.6 Å². The number of rotatable bonds is 4. The number of benzene rings is 1. The van der Waals surface area contributed by atoms with Gasteiger partial charge in [-0.3, -0.25) is 0 Å². The fourth-order valence-corrected chi connectivity index (χ4v) is 3.12. The van der Waals surface area contributed by atoms with Gasteiger partial charge in [0, 0.05) is 38.6 Å². The van der Waals surface area contributed by atoms with Gasteiger partial charge in [0.05, 0.1) is 0 Å². The molecule has 0 atom stereocenters. The van der Waals surface area contributed by atoms with Gasteiger partial charge >= 0.3 is 14.5 Å². The van der Waals surface area contributed by atoms with E-state index in [4.69, 9.17) is 18.7 Å². The summed E-state index contributed by atoms with van der Waals surface area (Å²) in [6.07, 6.45) is 0. The molecule has 0 aliphatic carbocycles. The van der Waals surface area contributed by atoms with E-state index in [1.807, 2.05) is 0 Å². The topological polar surface area (TPSA) is 55.8 Å². The Hall–Kier alpha value is -1.26. The largest absolute Gasteiger partial charge is 0.536 e. The predicted molar refractivity (Wildman–Crippen MR) is 57.6 cm³/mol. The number of nitrogens with zero attached hydrogens (tertiary/aromatic N) is 2. The molecule has 0 spiro atoms. The zero-order chi connectivity index (χ0) is 11.3. The molecule has 1 aromatic carbocycles. The van der Waals surface area contributed by atoms with E-state index in [1.165, 1.54) is 0 Å². The van der Waals surface area contributed by atoms with Crippen LogP contribution in [0.1, 0.15) is 0 Å². The Kier molecular flexibility index (Phi) is 3.93. The average molecular weight is 225 g/mol. The molecule has 0 saturated heterocycles. The molecular formula is C9H13N2O3Si+. The van der Waals surface area contributed by atoms with E-state index in [0.717, 1.165) is 5.19 Å². The lowest BCUT2D eigenvalue weighted by Gasteiger charge is -2.23. The maximum absolute atomic E-state index is 8.55. The van der Waals surface area contributed by atoms with Crippen LogP contribution in [0.4, 0.5) is 5.69 Å². The van der Waals surface area contributed by atoms with Gasteiger partial charge in [0.1, 0.15) is 0 Å². The first-order valence-corrected chi connectivity index (χ1v) is 6.06. The van der Waals surface area contributed by atoms with Crippen LogP contribution in [-0.2, 0) is 13.3 Å². The summed E-state index contributed by atoms with van der Waals surface area (Å²) in [5, 5.41) is 9.37. The minimum absolute atomic E-state index is 0.477. The minimum atomic E-state index is -2.75. The third kappa shape index (κ3) is 2.22. The Bertz CT molecular complexity index is 348. The third-order valence-electron chi connectivity index (χ3n) is 2.14. The smallest absolute Gasteiger partial charge is 0.373 e. The molecular weight excluding hydrogens is 212 g/mol. The van der Waals surface area contributed by atoms with Crippen molar-refractivity contribution in [2.45, 2.75) is 0 Å². The maximum Gasteiger partial charge on any atom is 0.536 e. The molecule has 0 N–H and O–H groups in total. The van der Waals surface area contributed by atoms with E-state index in [-0.39, 0.29) is 0 Å². The van der Waals surface area contributed by atoms with Gasteiger partial charge in [0.15, 0.2) is 4.98 Å². The number of hydrogen-bond acceptors (Lipinski definition) is 4. The van der Waals surface area contributed by atoms with Gasteiger partial charge in [-0.05, 0) is 12.1 Å². The SMILES string of the molecule is CO[Si](OC)(OC)c1ccc([N+]#N)cc1. The van der Waals surface area contributed by atoms with Crippen LogP contribution in [0.3, 0.4) is 0 Å². The molecule has 0 aromatic heterocycles. The van der Waals surface area contributed by atoms with Crippen LogP contribution >= 0.6 is 0 Å². The van der Waals surface area contributed by atoms with Crippen LogP contribution < -0.4 is 5.19 Å². The third-order valence-corrected chi connectivity index (χ3v) is 4.80. The van der Waals surface area contributed by atoms with Gasteiger partial charge in [-0.2, -0.15) is 0 Å². The minimum Gasteiger partial charge on any atom is -0.373 e. The van der Waals surface area contributed by atoms with Crippen molar-refractivity contribution in [2.24, 2.45) is 0 Å². The van der Waals surface area contributed by atoms with Gasteiger partial charge in [-0.1, -0.05) is 0 Å². The van der Waals surface area contributed by atoms with Crippen molar-refractivity contribution in [3.8, 4) is 0 Å². The fraction of sp³-hybridized carbons (Fsp3) is 0.333. The van der Waals surface area contributed by atoms with E-state index < -0.39 is 8.80 Å². The van der Waals surface area contributed by atoms with Crippen molar-refractivity contribution >= 4 is 19.7 Å². The molecule has 0 unspecified atom stereocenters. The van der Waals surface area contributed by atoms with Crippen molar-refractivity contribution in [2.75, 3.05) is 21.3 Å². The highest BCUT2D eigenvalue weighted by molar-refractivity contribution is 6.75. The van der Waals surface area contributed by atoms with Crippen LogP contribution in [0.2, 0.25) is 0 Å². The molecule has 0 fully saturated rings. The van der Waals surface area contributed by atoms with Gasteiger partial charge in [0.2, 0.25) is 5.39 Å². The van der Waals surface area contributed by atoms with E-state index in [9.17, 15) is 0 Å². The lowest BCUT2D eigenvalue weighted by Crippen LogP contribution is -2.54. The maximum atomic E-state index is 8.55. The molecule has 6 heteroatoms. The molecule has 1 rings (SSSR count). The number of hydrogen-bond donors (Lipinski definition) is 0. The van der Waals surface area contributed by atoms with Crippen molar-refractivity contribution in [1.82, 2.24) is 0 Å². The molecule has 0 heterocycles. The van der Waals surface area contributed by atoms with Gasteiger partial charge in [-0.15, -0.1) is 0 Å². The van der Waals surface area contributed by atoms with Crippen LogP contribution in [0.25, 0.3) is 4.98 Å². The van der Waals surface area contributed by atoms with E-state index in [0.29, 0.717) is 5.69 Å². The Morgan fingerprint density at radius 1 is 1.00 bits per heavy atom. The van der Waals surface area contributed by atoms with Crippen molar-refractivity contribution in [3.63, 3.8) is 0 Å². The Labute approximate surface area is 89.6 Å². The van der Waals surface area contributed by atoms with Crippen molar-refractivity contribution < 1.29 is 13.3 Å². The van der Waals surface area contributed by atoms with E-state index in [2.05, 4.69) is 4.98 Å². The summed E-state index contributed by atoms with van der Waals surface area (Å²) < 4.78 is 15.9. The Morgan fingerprint density at radius 3 is 1.80 bits per heavy atom. The summed E-state index contributed by atoms with van der Waals surface area (Å²) in [5.41, 5.74) is 0.477. The molecule has 0 aliphatic heterocycles. The molecule has 1 aromatic rings. The summed E-state index contributed by atoms with van der Waals surface area (Å²) in [6, 6.07) is 6.85. The van der Waals surface area contributed by atoms with Crippen molar-refractivity contribution in [1.29, 1.82) is 5.39 Å². The average Bonchev–Trinajstić information content (AvgIpc) is 2.33. The predicted octanol–water partition coefficient (Wildman–Crippen LogP) is 1.26. The molecule has 0 radical (unpaired) electrons. The highest BCUT2D eigenvalue weighted by Gasteiger charge is 2.40. The van der Waals surface area contributed by atoms with Gasteiger partial charge in [0.25, 0.3) is 0 Å².